The first-order chi connectivity index (χ1) is 13.8. The van der Waals surface area contributed by atoms with Crippen LogP contribution in [0.2, 0.25) is 0 Å². The lowest BCUT2D eigenvalue weighted by Crippen LogP contribution is -2.37. The maximum absolute atomic E-state index is 12.5. The molecule has 1 amide bonds. The second kappa shape index (κ2) is 8.94. The molecule has 9 nitrogen and oxygen atoms in total. The molecule has 2 saturated heterocycles. The Morgan fingerprint density at radius 2 is 1.61 bits per heavy atom. The zero-order valence-electron chi connectivity index (χ0n) is 15.7. The smallest absolute Gasteiger partial charge is 0.270 e. The minimum atomic E-state index is -0.228. The fourth-order valence-electron chi connectivity index (χ4n) is 3.21. The van der Waals surface area contributed by atoms with Gasteiger partial charge in [0.2, 0.25) is 0 Å². The van der Waals surface area contributed by atoms with Crippen molar-refractivity contribution in [3.8, 4) is 0 Å². The predicted octanol–water partition coefficient (Wildman–Crippen LogP) is 0.475. The Kier molecular flexibility index (Phi) is 5.93. The standard InChI is InChI=1S/C19H24N6O3/c26-19(16-11-18(23-14-22-16)25-5-9-28-10-6-25)21-13-15-1-2-17(20-12-15)24-3-7-27-8-4-24/h1-2,11-12,14H,3-10,13H2,(H,21,26). The molecular weight excluding hydrogens is 360 g/mol. The highest BCUT2D eigenvalue weighted by molar-refractivity contribution is 5.92. The topological polar surface area (TPSA) is 92.7 Å². The fourth-order valence-corrected chi connectivity index (χ4v) is 3.21. The van der Waals surface area contributed by atoms with Gasteiger partial charge < -0.3 is 24.6 Å². The van der Waals surface area contributed by atoms with Crippen molar-refractivity contribution in [1.82, 2.24) is 20.3 Å². The molecule has 148 valence electrons. The van der Waals surface area contributed by atoms with E-state index in [1.165, 1.54) is 6.33 Å². The Hall–Kier alpha value is -2.78. The molecule has 0 saturated carbocycles. The van der Waals surface area contributed by atoms with Crippen LogP contribution >= 0.6 is 0 Å². The number of rotatable bonds is 5. The van der Waals surface area contributed by atoms with Crippen molar-refractivity contribution in [2.75, 3.05) is 62.4 Å². The van der Waals surface area contributed by atoms with Gasteiger partial charge in [0.25, 0.3) is 5.91 Å². The molecule has 2 aliphatic rings. The number of nitrogens with one attached hydrogen (secondary N) is 1. The van der Waals surface area contributed by atoms with Crippen molar-refractivity contribution in [3.05, 3.63) is 42.0 Å². The molecule has 2 aromatic heterocycles. The monoisotopic (exact) mass is 384 g/mol. The number of pyridine rings is 1. The Balaban J connectivity index is 1.33. The van der Waals surface area contributed by atoms with Gasteiger partial charge in [-0.1, -0.05) is 6.07 Å². The minimum absolute atomic E-state index is 0.228. The molecule has 28 heavy (non-hydrogen) atoms. The van der Waals surface area contributed by atoms with Gasteiger partial charge in [-0.25, -0.2) is 15.0 Å². The summed E-state index contributed by atoms with van der Waals surface area (Å²) in [7, 11) is 0. The third-order valence-electron chi connectivity index (χ3n) is 4.82. The maximum Gasteiger partial charge on any atom is 0.270 e. The van der Waals surface area contributed by atoms with Crippen molar-refractivity contribution in [2.24, 2.45) is 0 Å². The Morgan fingerprint density at radius 3 is 2.25 bits per heavy atom. The molecule has 0 bridgehead atoms. The largest absolute Gasteiger partial charge is 0.378 e. The molecule has 9 heteroatoms. The van der Waals surface area contributed by atoms with Crippen LogP contribution in [0, 0.1) is 0 Å². The van der Waals surface area contributed by atoms with Crippen LogP contribution in [0.3, 0.4) is 0 Å². The third-order valence-corrected chi connectivity index (χ3v) is 4.82. The van der Waals surface area contributed by atoms with Gasteiger partial charge in [-0.3, -0.25) is 4.79 Å². The number of morpholine rings is 2. The van der Waals surface area contributed by atoms with Crippen LogP contribution in [0.1, 0.15) is 16.1 Å². The van der Waals surface area contributed by atoms with Crippen LogP contribution < -0.4 is 15.1 Å². The van der Waals surface area contributed by atoms with Crippen molar-refractivity contribution >= 4 is 17.5 Å². The lowest BCUT2D eigenvalue weighted by molar-refractivity contribution is 0.0945. The molecule has 0 radical (unpaired) electrons. The predicted molar refractivity (Wildman–Crippen MR) is 104 cm³/mol. The summed E-state index contributed by atoms with van der Waals surface area (Å²) in [6.45, 7) is 6.41. The average molecular weight is 384 g/mol. The first-order valence-electron chi connectivity index (χ1n) is 9.50. The van der Waals surface area contributed by atoms with Crippen LogP contribution in [0.25, 0.3) is 0 Å². The summed E-state index contributed by atoms with van der Waals surface area (Å²) in [5, 5.41) is 2.90. The summed E-state index contributed by atoms with van der Waals surface area (Å²) >= 11 is 0. The van der Waals surface area contributed by atoms with Crippen LogP contribution in [0.15, 0.2) is 30.7 Å². The first-order valence-corrected chi connectivity index (χ1v) is 9.50. The van der Waals surface area contributed by atoms with Crippen LogP contribution in [0.4, 0.5) is 11.6 Å². The molecule has 0 spiro atoms. The highest BCUT2D eigenvalue weighted by Crippen LogP contribution is 2.14. The van der Waals surface area contributed by atoms with Crippen molar-refractivity contribution in [3.63, 3.8) is 0 Å². The van der Waals surface area contributed by atoms with Gasteiger partial charge in [-0.05, 0) is 11.6 Å². The lowest BCUT2D eigenvalue weighted by atomic mass is 10.2. The zero-order valence-corrected chi connectivity index (χ0v) is 15.7. The van der Waals surface area contributed by atoms with Crippen molar-refractivity contribution in [1.29, 1.82) is 0 Å². The summed E-state index contributed by atoms with van der Waals surface area (Å²) in [5.41, 5.74) is 1.29. The molecule has 4 rings (SSSR count). The molecular formula is C19H24N6O3. The van der Waals surface area contributed by atoms with E-state index in [1.54, 1.807) is 12.3 Å². The van der Waals surface area contributed by atoms with Gasteiger partial charge in [-0.15, -0.1) is 0 Å². The van der Waals surface area contributed by atoms with E-state index < -0.39 is 0 Å². The summed E-state index contributed by atoms with van der Waals surface area (Å²) in [4.78, 5) is 29.7. The minimum Gasteiger partial charge on any atom is -0.378 e. The van der Waals surface area contributed by atoms with E-state index in [1.807, 2.05) is 12.1 Å². The first kappa shape index (κ1) is 18.6. The summed E-state index contributed by atoms with van der Waals surface area (Å²) in [6.07, 6.45) is 3.22. The number of amides is 1. The van der Waals surface area contributed by atoms with Gasteiger partial charge in [0, 0.05) is 45.0 Å². The zero-order chi connectivity index (χ0) is 19.2. The van der Waals surface area contributed by atoms with E-state index >= 15 is 0 Å². The van der Waals surface area contributed by atoms with E-state index in [-0.39, 0.29) is 5.91 Å². The van der Waals surface area contributed by atoms with Crippen LogP contribution in [-0.2, 0) is 16.0 Å². The molecule has 0 unspecified atom stereocenters. The van der Waals surface area contributed by atoms with E-state index in [9.17, 15) is 4.79 Å². The van der Waals surface area contributed by atoms with E-state index in [4.69, 9.17) is 9.47 Å². The molecule has 0 aromatic carbocycles. The average Bonchev–Trinajstić information content (AvgIpc) is 2.79. The number of aromatic nitrogens is 3. The summed E-state index contributed by atoms with van der Waals surface area (Å²) in [5.74, 6) is 1.46. The molecule has 4 heterocycles. The van der Waals surface area contributed by atoms with Crippen LogP contribution in [0.5, 0.6) is 0 Å². The summed E-state index contributed by atoms with van der Waals surface area (Å²) < 4.78 is 10.7. The van der Waals surface area contributed by atoms with Gasteiger partial charge in [0.05, 0.1) is 26.4 Å². The normalized spacial score (nSPS) is 17.4. The molecule has 2 aliphatic heterocycles. The number of hydrogen-bond acceptors (Lipinski definition) is 8. The number of anilines is 2. The molecule has 1 N–H and O–H groups in total. The van der Waals surface area contributed by atoms with Gasteiger partial charge in [0.1, 0.15) is 23.7 Å². The number of hydrogen-bond donors (Lipinski definition) is 1. The Bertz CT molecular complexity index is 789. The lowest BCUT2D eigenvalue weighted by Gasteiger charge is -2.27. The van der Waals surface area contributed by atoms with Gasteiger partial charge in [0.15, 0.2) is 0 Å². The van der Waals surface area contributed by atoms with Gasteiger partial charge in [-0.2, -0.15) is 0 Å². The molecule has 2 aromatic rings. The van der Waals surface area contributed by atoms with Crippen molar-refractivity contribution < 1.29 is 14.3 Å². The van der Waals surface area contributed by atoms with E-state index in [2.05, 4.69) is 30.1 Å². The van der Waals surface area contributed by atoms with Gasteiger partial charge >= 0.3 is 0 Å². The Morgan fingerprint density at radius 1 is 0.929 bits per heavy atom. The van der Waals surface area contributed by atoms with Crippen molar-refractivity contribution in [2.45, 2.75) is 6.54 Å². The SMILES string of the molecule is O=C(NCc1ccc(N2CCOCC2)nc1)c1cc(N2CCOCC2)ncn1. The number of ether oxygens (including phenoxy) is 2. The third kappa shape index (κ3) is 4.55. The van der Waals surface area contributed by atoms with E-state index in [0.29, 0.717) is 25.5 Å². The number of carbonyl (C=O) groups excluding carboxylic acids is 1. The number of nitrogens with zero attached hydrogens (tertiary/aromatic N) is 5. The second-order valence-corrected chi connectivity index (χ2v) is 6.67. The molecule has 0 atom stereocenters. The Labute approximate surface area is 163 Å². The second-order valence-electron chi connectivity index (χ2n) is 6.67. The molecule has 2 fully saturated rings. The highest BCUT2D eigenvalue weighted by Gasteiger charge is 2.16. The number of carbonyl (C=O) groups is 1. The van der Waals surface area contributed by atoms with E-state index in [0.717, 1.165) is 56.6 Å². The quantitative estimate of drug-likeness (QED) is 0.796. The fraction of sp³-hybridized carbons (Fsp3) is 0.474. The maximum atomic E-state index is 12.5. The van der Waals surface area contributed by atoms with Crippen LogP contribution in [-0.4, -0.2) is 73.5 Å². The summed E-state index contributed by atoms with van der Waals surface area (Å²) in [6, 6.07) is 5.69. The molecule has 0 aliphatic carbocycles. The highest BCUT2D eigenvalue weighted by atomic mass is 16.5.